The van der Waals surface area contributed by atoms with Crippen LogP contribution in [-0.2, 0) is 4.79 Å². The molecule has 0 atom stereocenters. The van der Waals surface area contributed by atoms with Gasteiger partial charge in [0.05, 0.1) is 6.58 Å². The van der Waals surface area contributed by atoms with Crippen LogP contribution in [0.5, 0.6) is 0 Å². The van der Waals surface area contributed by atoms with Crippen molar-refractivity contribution in [1.82, 2.24) is 0 Å². The van der Waals surface area contributed by atoms with Gasteiger partial charge in [0.15, 0.2) is 5.73 Å². The minimum absolute atomic E-state index is 0.656. The van der Waals surface area contributed by atoms with Crippen molar-refractivity contribution in [1.29, 1.82) is 0 Å². The highest BCUT2D eigenvalue weighted by Crippen LogP contribution is 1.54. The van der Waals surface area contributed by atoms with E-state index in [1.54, 1.807) is 0 Å². The summed E-state index contributed by atoms with van der Waals surface area (Å²) in [5.41, 5.74) is 8.95. The average Bonchev–Trinajstić information content (AvgIpc) is 1.61. The smallest absolute Gasteiger partial charge is 0.340 e. The molecule has 0 unspecified atom stereocenters. The van der Waals surface area contributed by atoms with Crippen LogP contribution in [0.2, 0.25) is 0 Å². The lowest BCUT2D eigenvalue weighted by atomic mass is 10.6. The van der Waals surface area contributed by atoms with E-state index in [-0.39, 0.29) is 0 Å². The van der Waals surface area contributed by atoms with Crippen molar-refractivity contribution in [2.75, 3.05) is 0 Å². The molecule has 34 valence electrons. The van der Waals surface area contributed by atoms with Gasteiger partial charge in [-0.2, -0.15) is 0 Å². The van der Waals surface area contributed by atoms with Crippen molar-refractivity contribution in [2.24, 2.45) is 5.73 Å². The molecule has 0 spiro atoms. The van der Waals surface area contributed by atoms with E-state index in [9.17, 15) is 4.79 Å². The maximum Gasteiger partial charge on any atom is 0.396 e. The van der Waals surface area contributed by atoms with Gasteiger partial charge in [0.1, 0.15) is 0 Å². The lowest BCUT2D eigenvalue weighted by molar-refractivity contribution is -0.114. The molecule has 0 saturated heterocycles. The van der Waals surface area contributed by atoms with Gasteiger partial charge >= 0.3 is 5.91 Å². The molecule has 0 fully saturated rings. The van der Waals surface area contributed by atoms with Crippen LogP contribution in [0.3, 0.4) is 0 Å². The van der Waals surface area contributed by atoms with E-state index in [1.165, 1.54) is 0 Å². The van der Waals surface area contributed by atoms with Crippen molar-refractivity contribution in [3.05, 3.63) is 24.1 Å². The lowest BCUT2D eigenvalue weighted by Gasteiger charge is -1.53. The minimum atomic E-state index is -0.656. The second-order valence-corrected chi connectivity index (χ2v) is 0.791. The Bertz CT molecular complexity index is 147. The molecule has 2 N–H and O–H groups in total. The third kappa shape index (κ3) is 4.68. The maximum absolute atomic E-state index is 9.74. The summed E-state index contributed by atoms with van der Waals surface area (Å²) in [7, 11) is 0. The van der Waals surface area contributed by atoms with Crippen LogP contribution in [0.1, 0.15) is 0 Å². The van der Waals surface area contributed by atoms with Gasteiger partial charge in [-0.25, -0.2) is 4.79 Å². The molecule has 2 heteroatoms. The first-order chi connectivity index (χ1) is 3.27. The van der Waals surface area contributed by atoms with Crippen LogP contribution < -0.4 is 5.73 Å². The highest BCUT2D eigenvalue weighted by atomic mass is 16.1. The van der Waals surface area contributed by atoms with E-state index >= 15 is 0 Å². The second-order valence-electron chi connectivity index (χ2n) is 0.791. The Kier molecular flexibility index (Phi) is 2.35. The fourth-order valence-electron chi connectivity index (χ4n) is 0.106. The zero-order valence-corrected chi connectivity index (χ0v) is 3.69. The predicted molar refractivity (Wildman–Crippen MR) is 25.1 cm³/mol. The minimum Gasteiger partial charge on any atom is -0.340 e. The Morgan fingerprint density at radius 2 is 2.43 bits per heavy atom. The third-order valence-electron chi connectivity index (χ3n) is 0.274. The molecule has 0 bridgehead atoms. The van der Waals surface area contributed by atoms with Crippen molar-refractivity contribution in [2.45, 2.75) is 0 Å². The summed E-state index contributed by atoms with van der Waals surface area (Å²) in [4.78, 5) is 9.74. The van der Waals surface area contributed by atoms with E-state index in [1.807, 2.05) is 6.08 Å². The van der Waals surface area contributed by atoms with E-state index in [4.69, 9.17) is 0 Å². The van der Waals surface area contributed by atoms with Gasteiger partial charge in [0.25, 0.3) is 0 Å². The fraction of sp³-hybridized carbons (Fsp3) is 0. The number of nitrogens with two attached hydrogens (primary N) is 1. The van der Waals surface area contributed by atoms with Gasteiger partial charge in [-0.1, -0.05) is 0 Å². The Labute approximate surface area is 41.6 Å². The molecule has 7 heavy (non-hydrogen) atoms. The van der Waals surface area contributed by atoms with Crippen LogP contribution >= 0.6 is 0 Å². The van der Waals surface area contributed by atoms with Crippen molar-refractivity contribution in [3.63, 3.8) is 0 Å². The second kappa shape index (κ2) is 2.89. The zero-order chi connectivity index (χ0) is 5.70. The number of hydrogen-bond donors (Lipinski definition) is 1. The van der Waals surface area contributed by atoms with Gasteiger partial charge in [-0.05, 0) is 0 Å². The van der Waals surface area contributed by atoms with Crippen molar-refractivity contribution in [3.8, 4) is 0 Å². The van der Waals surface area contributed by atoms with Crippen LogP contribution in [0.4, 0.5) is 0 Å². The summed E-state index contributed by atoms with van der Waals surface area (Å²) >= 11 is 0. The van der Waals surface area contributed by atoms with Crippen LogP contribution in [0.15, 0.2) is 18.0 Å². The van der Waals surface area contributed by atoms with Crippen LogP contribution in [-0.4, -0.2) is 5.91 Å². The summed E-state index contributed by atoms with van der Waals surface area (Å²) in [6, 6.07) is 0. The SMILES string of the molecule is C=C=C=[C+]C(N)=O. The van der Waals surface area contributed by atoms with E-state index in [0.717, 1.165) is 0 Å². The molecule has 0 aliphatic rings. The van der Waals surface area contributed by atoms with E-state index in [2.05, 4.69) is 23.8 Å². The number of carbonyl (C=O) groups excluding carboxylic acids is 1. The van der Waals surface area contributed by atoms with Crippen molar-refractivity contribution < 1.29 is 4.79 Å². The average molecular weight is 94.1 g/mol. The van der Waals surface area contributed by atoms with Gasteiger partial charge in [-0.15, -0.1) is 0 Å². The molecule has 0 aliphatic heterocycles. The highest BCUT2D eigenvalue weighted by molar-refractivity contribution is 5.81. The van der Waals surface area contributed by atoms with Gasteiger partial charge in [-0.3, -0.25) is 0 Å². The molecule has 0 radical (unpaired) electrons. The molecule has 0 heterocycles. The predicted octanol–water partition coefficient (Wildman–Crippen LogP) is -0.229. The quantitative estimate of drug-likeness (QED) is 0.272. The van der Waals surface area contributed by atoms with Crippen LogP contribution in [0.25, 0.3) is 0 Å². The number of carbonyl (C=O) groups is 1. The normalized spacial score (nSPS) is 5.14. The van der Waals surface area contributed by atoms with Gasteiger partial charge in [0, 0.05) is 0 Å². The summed E-state index contributed by atoms with van der Waals surface area (Å²) in [6.07, 6.45) is 2.01. The third-order valence-corrected chi connectivity index (χ3v) is 0.274. The number of amides is 1. The molecule has 0 aromatic heterocycles. The summed E-state index contributed by atoms with van der Waals surface area (Å²) in [5.74, 6) is -0.656. The molecular weight excluding hydrogens is 90.1 g/mol. The summed E-state index contributed by atoms with van der Waals surface area (Å²) in [6.45, 7) is 3.13. The lowest BCUT2D eigenvalue weighted by Crippen LogP contribution is -2.05. The molecule has 0 saturated carbocycles. The highest BCUT2D eigenvalue weighted by Gasteiger charge is 1.88. The van der Waals surface area contributed by atoms with Gasteiger partial charge in [0.2, 0.25) is 11.8 Å². The Morgan fingerprint density at radius 3 is 2.57 bits per heavy atom. The molecule has 0 aromatic carbocycles. The number of rotatable bonds is 1. The van der Waals surface area contributed by atoms with E-state index in [0.29, 0.717) is 0 Å². The molecule has 0 aromatic rings. The summed E-state index contributed by atoms with van der Waals surface area (Å²) < 4.78 is 0. The monoisotopic (exact) mass is 94.0 g/mol. The molecule has 0 aliphatic carbocycles. The summed E-state index contributed by atoms with van der Waals surface area (Å²) in [5, 5.41) is 0. The number of primary amides is 1. The van der Waals surface area contributed by atoms with Gasteiger partial charge < -0.3 is 5.73 Å². The fourth-order valence-corrected chi connectivity index (χ4v) is 0.106. The molecule has 2 nitrogen and oxygen atoms in total. The standard InChI is InChI=1S/C5H3NO/c1-2-3-4-5(6)7/h1H2,(H-,6,7)/p+1. The molecule has 1 amide bonds. The largest absolute Gasteiger partial charge is 0.396 e. The maximum atomic E-state index is 9.74. The van der Waals surface area contributed by atoms with Crippen molar-refractivity contribution >= 4 is 5.91 Å². The Morgan fingerprint density at radius 1 is 1.86 bits per heavy atom. The zero-order valence-electron chi connectivity index (χ0n) is 3.69. The first-order valence-electron chi connectivity index (χ1n) is 1.60. The number of hydrogen-bond acceptors (Lipinski definition) is 1. The Balaban J connectivity index is 3.96. The first-order valence-corrected chi connectivity index (χ1v) is 1.60. The van der Waals surface area contributed by atoms with E-state index < -0.39 is 5.91 Å². The Hall–Kier alpha value is -1.32. The molecular formula is C5H4NO+. The topological polar surface area (TPSA) is 43.1 Å². The van der Waals surface area contributed by atoms with Crippen LogP contribution in [0, 0.1) is 6.08 Å². The molecule has 0 rings (SSSR count). The first kappa shape index (κ1) is 5.68.